The zero-order chi connectivity index (χ0) is 9.31. The third-order valence-electron chi connectivity index (χ3n) is 3.15. The van der Waals surface area contributed by atoms with Crippen molar-refractivity contribution in [3.63, 3.8) is 0 Å². The van der Waals surface area contributed by atoms with E-state index in [4.69, 9.17) is 4.74 Å². The average molecular weight is 176 g/mol. The van der Waals surface area contributed by atoms with Crippen LogP contribution >= 0.6 is 0 Å². The predicted molar refractivity (Wildman–Crippen MR) is 53.5 cm³/mol. The molecule has 0 N–H and O–H groups in total. The van der Waals surface area contributed by atoms with Crippen molar-refractivity contribution in [1.29, 1.82) is 0 Å². The lowest BCUT2D eigenvalue weighted by Gasteiger charge is -2.26. The Bertz CT molecular complexity index is 300. The lowest BCUT2D eigenvalue weighted by Crippen LogP contribution is -2.22. The number of ether oxygens (including phenoxy) is 1. The lowest BCUT2D eigenvalue weighted by molar-refractivity contribution is -0.0439. The first-order valence-electron chi connectivity index (χ1n) is 5.05. The Balaban J connectivity index is 2.47. The molecule has 0 unspecified atom stereocenters. The van der Waals surface area contributed by atoms with Gasteiger partial charge < -0.3 is 4.74 Å². The molecule has 1 nitrogen and oxygen atoms in total. The highest BCUT2D eigenvalue weighted by molar-refractivity contribution is 5.35. The Morgan fingerprint density at radius 1 is 1.23 bits per heavy atom. The Morgan fingerprint density at radius 2 is 1.92 bits per heavy atom. The highest BCUT2D eigenvalue weighted by Crippen LogP contribution is 2.41. The van der Waals surface area contributed by atoms with E-state index in [1.54, 1.807) is 0 Å². The SMILES string of the molecule is CCC1(CC)OCc2ccccc21. The van der Waals surface area contributed by atoms with Gasteiger partial charge in [-0.2, -0.15) is 0 Å². The molecule has 1 heterocycles. The second-order valence-electron chi connectivity index (χ2n) is 3.65. The van der Waals surface area contributed by atoms with Gasteiger partial charge in [-0.05, 0) is 24.0 Å². The van der Waals surface area contributed by atoms with Crippen molar-refractivity contribution in [1.82, 2.24) is 0 Å². The maximum absolute atomic E-state index is 5.91. The third kappa shape index (κ3) is 1.19. The van der Waals surface area contributed by atoms with Gasteiger partial charge in [-0.15, -0.1) is 0 Å². The van der Waals surface area contributed by atoms with Crippen LogP contribution in [0.1, 0.15) is 37.8 Å². The molecule has 1 aromatic rings. The van der Waals surface area contributed by atoms with Gasteiger partial charge in [-0.1, -0.05) is 38.1 Å². The molecule has 0 spiro atoms. The van der Waals surface area contributed by atoms with Crippen LogP contribution in [0.15, 0.2) is 24.3 Å². The van der Waals surface area contributed by atoms with Crippen LogP contribution in [0.2, 0.25) is 0 Å². The summed E-state index contributed by atoms with van der Waals surface area (Å²) in [4.78, 5) is 0. The van der Waals surface area contributed by atoms with Crippen molar-refractivity contribution in [3.05, 3.63) is 35.4 Å². The molecule has 0 saturated heterocycles. The van der Waals surface area contributed by atoms with Crippen LogP contribution in [0.25, 0.3) is 0 Å². The van der Waals surface area contributed by atoms with Gasteiger partial charge in [0.1, 0.15) is 0 Å². The fourth-order valence-corrected chi connectivity index (χ4v) is 2.22. The first-order chi connectivity index (χ1) is 6.32. The van der Waals surface area contributed by atoms with Crippen molar-refractivity contribution >= 4 is 0 Å². The quantitative estimate of drug-likeness (QED) is 0.672. The predicted octanol–water partition coefficient (Wildman–Crippen LogP) is 3.23. The van der Waals surface area contributed by atoms with E-state index >= 15 is 0 Å². The van der Waals surface area contributed by atoms with Crippen molar-refractivity contribution in [2.75, 3.05) is 0 Å². The van der Waals surface area contributed by atoms with Gasteiger partial charge in [0, 0.05) is 0 Å². The van der Waals surface area contributed by atoms with E-state index in [9.17, 15) is 0 Å². The van der Waals surface area contributed by atoms with Crippen LogP contribution in [0, 0.1) is 0 Å². The van der Waals surface area contributed by atoms with Crippen LogP contribution in [-0.4, -0.2) is 0 Å². The molecular weight excluding hydrogens is 160 g/mol. The molecule has 13 heavy (non-hydrogen) atoms. The lowest BCUT2D eigenvalue weighted by atomic mass is 9.88. The van der Waals surface area contributed by atoms with E-state index < -0.39 is 0 Å². The molecule has 0 radical (unpaired) electrons. The number of benzene rings is 1. The maximum atomic E-state index is 5.91. The minimum atomic E-state index is 0.0105. The van der Waals surface area contributed by atoms with Gasteiger partial charge in [0.2, 0.25) is 0 Å². The molecule has 70 valence electrons. The smallest absolute Gasteiger partial charge is 0.0934 e. The highest BCUT2D eigenvalue weighted by Gasteiger charge is 2.36. The molecule has 1 aromatic carbocycles. The molecule has 0 fully saturated rings. The molecule has 1 heteroatoms. The number of hydrogen-bond acceptors (Lipinski definition) is 1. The van der Waals surface area contributed by atoms with E-state index in [-0.39, 0.29) is 5.60 Å². The van der Waals surface area contributed by atoms with E-state index in [0.29, 0.717) is 0 Å². The molecular formula is C12H16O. The summed E-state index contributed by atoms with van der Waals surface area (Å²) >= 11 is 0. The largest absolute Gasteiger partial charge is 0.366 e. The van der Waals surface area contributed by atoms with E-state index in [1.165, 1.54) is 11.1 Å². The summed E-state index contributed by atoms with van der Waals surface area (Å²) in [6.45, 7) is 5.19. The Hall–Kier alpha value is -0.820. The molecule has 0 saturated carbocycles. The molecule has 0 atom stereocenters. The van der Waals surface area contributed by atoms with Crippen LogP contribution in [0.4, 0.5) is 0 Å². The standard InChI is InChI=1S/C12H16O/c1-3-12(4-2)11-8-6-5-7-10(11)9-13-12/h5-8H,3-4,9H2,1-2H3. The van der Waals surface area contributed by atoms with Gasteiger partial charge in [0.05, 0.1) is 12.2 Å². The molecule has 0 amide bonds. The first kappa shape index (κ1) is 8.76. The molecule has 0 aliphatic carbocycles. The molecule has 1 aliphatic heterocycles. The third-order valence-corrected chi connectivity index (χ3v) is 3.15. The van der Waals surface area contributed by atoms with Crippen molar-refractivity contribution in [2.45, 2.75) is 38.9 Å². The van der Waals surface area contributed by atoms with Crippen molar-refractivity contribution < 1.29 is 4.74 Å². The number of hydrogen-bond donors (Lipinski definition) is 0. The van der Waals surface area contributed by atoms with E-state index in [1.807, 2.05) is 0 Å². The second-order valence-corrected chi connectivity index (χ2v) is 3.65. The topological polar surface area (TPSA) is 9.23 Å². The fraction of sp³-hybridized carbons (Fsp3) is 0.500. The summed E-state index contributed by atoms with van der Waals surface area (Å²) in [7, 11) is 0. The normalized spacial score (nSPS) is 18.6. The van der Waals surface area contributed by atoms with Gasteiger partial charge in [0.15, 0.2) is 0 Å². The molecule has 0 aromatic heterocycles. The van der Waals surface area contributed by atoms with Gasteiger partial charge in [-0.3, -0.25) is 0 Å². The number of rotatable bonds is 2. The minimum Gasteiger partial charge on any atom is -0.366 e. The van der Waals surface area contributed by atoms with E-state index in [0.717, 1.165) is 19.4 Å². The number of fused-ring (bicyclic) bond motifs is 1. The summed E-state index contributed by atoms with van der Waals surface area (Å²) in [5.74, 6) is 0. The van der Waals surface area contributed by atoms with Gasteiger partial charge in [0.25, 0.3) is 0 Å². The summed E-state index contributed by atoms with van der Waals surface area (Å²) in [5.41, 5.74) is 2.78. The second kappa shape index (κ2) is 3.15. The Labute approximate surface area is 79.7 Å². The summed E-state index contributed by atoms with van der Waals surface area (Å²) in [6.07, 6.45) is 2.14. The Kier molecular flexibility index (Phi) is 2.12. The van der Waals surface area contributed by atoms with Gasteiger partial charge >= 0.3 is 0 Å². The summed E-state index contributed by atoms with van der Waals surface area (Å²) in [6, 6.07) is 8.56. The molecule has 2 rings (SSSR count). The van der Waals surface area contributed by atoms with Crippen molar-refractivity contribution in [3.8, 4) is 0 Å². The first-order valence-corrected chi connectivity index (χ1v) is 5.05. The molecule has 1 aliphatic rings. The Morgan fingerprint density at radius 3 is 2.62 bits per heavy atom. The van der Waals surface area contributed by atoms with Crippen molar-refractivity contribution in [2.24, 2.45) is 0 Å². The van der Waals surface area contributed by atoms with Gasteiger partial charge in [-0.25, -0.2) is 0 Å². The highest BCUT2D eigenvalue weighted by atomic mass is 16.5. The van der Waals surface area contributed by atoms with Crippen LogP contribution in [-0.2, 0) is 16.9 Å². The monoisotopic (exact) mass is 176 g/mol. The average Bonchev–Trinajstić information content (AvgIpc) is 2.58. The summed E-state index contributed by atoms with van der Waals surface area (Å²) < 4.78 is 5.91. The maximum Gasteiger partial charge on any atom is 0.0934 e. The fourth-order valence-electron chi connectivity index (χ4n) is 2.22. The minimum absolute atomic E-state index is 0.0105. The summed E-state index contributed by atoms with van der Waals surface area (Å²) in [5, 5.41) is 0. The van der Waals surface area contributed by atoms with Crippen LogP contribution in [0.3, 0.4) is 0 Å². The molecule has 0 bridgehead atoms. The van der Waals surface area contributed by atoms with Crippen LogP contribution in [0.5, 0.6) is 0 Å². The zero-order valence-corrected chi connectivity index (χ0v) is 8.34. The zero-order valence-electron chi connectivity index (χ0n) is 8.34. The van der Waals surface area contributed by atoms with Crippen LogP contribution < -0.4 is 0 Å². The van der Waals surface area contributed by atoms with E-state index in [2.05, 4.69) is 38.1 Å².